The molecular formula is C14H19N3O2S2. The molecule has 1 atom stereocenters. The van der Waals surface area contributed by atoms with E-state index >= 15 is 0 Å². The maximum Gasteiger partial charge on any atom is 0.252 e. The van der Waals surface area contributed by atoms with Crippen LogP contribution in [0.3, 0.4) is 0 Å². The molecule has 0 spiro atoms. The van der Waals surface area contributed by atoms with Gasteiger partial charge in [-0.25, -0.2) is 13.4 Å². The number of piperidine rings is 1. The molecule has 114 valence electrons. The molecule has 0 saturated carbocycles. The lowest BCUT2D eigenvalue weighted by molar-refractivity contribution is 0.262. The van der Waals surface area contributed by atoms with Crippen LogP contribution in [0.1, 0.15) is 18.7 Å². The number of thiophene rings is 1. The second-order valence-electron chi connectivity index (χ2n) is 5.46. The Bertz CT molecular complexity index is 692. The fourth-order valence-electron chi connectivity index (χ4n) is 2.80. The summed E-state index contributed by atoms with van der Waals surface area (Å²) in [5, 5.41) is 1.81. The fourth-order valence-corrected chi connectivity index (χ4v) is 5.50. The van der Waals surface area contributed by atoms with E-state index in [9.17, 15) is 8.42 Å². The van der Waals surface area contributed by atoms with Gasteiger partial charge in [-0.2, -0.15) is 4.31 Å². The van der Waals surface area contributed by atoms with Crippen molar-refractivity contribution in [2.24, 2.45) is 13.0 Å². The van der Waals surface area contributed by atoms with Gasteiger partial charge in [0.15, 0.2) is 0 Å². The van der Waals surface area contributed by atoms with Gasteiger partial charge in [-0.05, 0) is 30.2 Å². The normalized spacial score (nSPS) is 20.7. The second kappa shape index (κ2) is 5.90. The molecule has 3 heterocycles. The third-order valence-corrected chi connectivity index (χ3v) is 7.20. The molecule has 1 aliphatic rings. The van der Waals surface area contributed by atoms with Gasteiger partial charge in [0.1, 0.15) is 10.0 Å². The molecule has 0 N–H and O–H groups in total. The molecular weight excluding hydrogens is 306 g/mol. The van der Waals surface area contributed by atoms with E-state index in [1.165, 1.54) is 11.3 Å². The SMILES string of the molecule is Cn1ccnc1C[C@@H]1CCCN(S(=O)(=O)c2cccs2)C1. The minimum absolute atomic E-state index is 0.342. The Morgan fingerprint density at radius 3 is 3.00 bits per heavy atom. The molecule has 1 fully saturated rings. The molecule has 0 radical (unpaired) electrons. The summed E-state index contributed by atoms with van der Waals surface area (Å²) >= 11 is 1.29. The van der Waals surface area contributed by atoms with Crippen molar-refractivity contribution in [3.63, 3.8) is 0 Å². The third kappa shape index (κ3) is 3.04. The Labute approximate surface area is 129 Å². The molecule has 2 aromatic heterocycles. The zero-order valence-electron chi connectivity index (χ0n) is 12.0. The molecule has 2 aromatic rings. The number of aryl methyl sites for hydroxylation is 1. The van der Waals surface area contributed by atoms with E-state index in [-0.39, 0.29) is 0 Å². The fraction of sp³-hybridized carbons (Fsp3) is 0.500. The summed E-state index contributed by atoms with van der Waals surface area (Å²) in [6.07, 6.45) is 6.53. The lowest BCUT2D eigenvalue weighted by Gasteiger charge is -2.31. The molecule has 5 nitrogen and oxygen atoms in total. The number of imidazole rings is 1. The number of sulfonamides is 1. The second-order valence-corrected chi connectivity index (χ2v) is 8.57. The average Bonchev–Trinajstić information content (AvgIpc) is 3.12. The van der Waals surface area contributed by atoms with Crippen molar-refractivity contribution in [2.75, 3.05) is 13.1 Å². The van der Waals surface area contributed by atoms with Gasteiger partial charge in [0.2, 0.25) is 0 Å². The van der Waals surface area contributed by atoms with Crippen molar-refractivity contribution < 1.29 is 8.42 Å². The highest BCUT2D eigenvalue weighted by Gasteiger charge is 2.31. The number of hydrogen-bond acceptors (Lipinski definition) is 4. The first kappa shape index (κ1) is 14.7. The van der Waals surface area contributed by atoms with Crippen LogP contribution in [0.2, 0.25) is 0 Å². The van der Waals surface area contributed by atoms with Gasteiger partial charge in [-0.15, -0.1) is 11.3 Å². The van der Waals surface area contributed by atoms with Crippen molar-refractivity contribution in [3.05, 3.63) is 35.7 Å². The summed E-state index contributed by atoms with van der Waals surface area (Å²) in [5.41, 5.74) is 0. The average molecular weight is 325 g/mol. The Balaban J connectivity index is 1.73. The largest absolute Gasteiger partial charge is 0.338 e. The van der Waals surface area contributed by atoms with Crippen LogP contribution in [-0.2, 0) is 23.5 Å². The van der Waals surface area contributed by atoms with Crippen molar-refractivity contribution in [1.29, 1.82) is 0 Å². The summed E-state index contributed by atoms with van der Waals surface area (Å²) in [5.74, 6) is 1.37. The molecule has 0 bridgehead atoms. The molecule has 1 aliphatic heterocycles. The van der Waals surface area contributed by atoms with Crippen LogP contribution < -0.4 is 0 Å². The first-order chi connectivity index (χ1) is 10.1. The monoisotopic (exact) mass is 325 g/mol. The van der Waals surface area contributed by atoms with Gasteiger partial charge in [-0.1, -0.05) is 6.07 Å². The van der Waals surface area contributed by atoms with E-state index in [1.807, 2.05) is 23.2 Å². The first-order valence-corrected chi connectivity index (χ1v) is 9.39. The highest BCUT2D eigenvalue weighted by Crippen LogP contribution is 2.27. The van der Waals surface area contributed by atoms with Gasteiger partial charge < -0.3 is 4.57 Å². The zero-order chi connectivity index (χ0) is 14.9. The van der Waals surface area contributed by atoms with E-state index in [4.69, 9.17) is 0 Å². The van der Waals surface area contributed by atoms with Crippen LogP contribution >= 0.6 is 11.3 Å². The number of aromatic nitrogens is 2. The predicted octanol–water partition coefficient (Wildman–Crippen LogP) is 2.12. The van der Waals surface area contributed by atoms with Crippen LogP contribution in [0.25, 0.3) is 0 Å². The summed E-state index contributed by atoms with van der Waals surface area (Å²) in [4.78, 5) is 4.34. The molecule has 21 heavy (non-hydrogen) atoms. The number of nitrogens with zero attached hydrogens (tertiary/aromatic N) is 3. The van der Waals surface area contributed by atoms with Gasteiger partial charge in [0, 0.05) is 39.0 Å². The first-order valence-electron chi connectivity index (χ1n) is 7.07. The summed E-state index contributed by atoms with van der Waals surface area (Å²) in [6.45, 7) is 1.21. The van der Waals surface area contributed by atoms with Crippen molar-refractivity contribution in [1.82, 2.24) is 13.9 Å². The standard InChI is InChI=1S/C14H19N3O2S2/c1-16-8-6-15-13(16)10-12-4-2-7-17(11-12)21(18,19)14-5-3-9-20-14/h3,5-6,8-9,12H,2,4,7,10-11H2,1H3/t12-/m0/s1. The molecule has 0 aromatic carbocycles. The summed E-state index contributed by atoms with van der Waals surface area (Å²) in [6, 6.07) is 3.47. The molecule has 0 unspecified atom stereocenters. The molecule has 7 heteroatoms. The minimum Gasteiger partial charge on any atom is -0.338 e. The quantitative estimate of drug-likeness (QED) is 0.865. The zero-order valence-corrected chi connectivity index (χ0v) is 13.6. The van der Waals surface area contributed by atoms with Gasteiger partial charge in [0.05, 0.1) is 0 Å². The molecule has 3 rings (SSSR count). The van der Waals surface area contributed by atoms with Crippen LogP contribution in [0.5, 0.6) is 0 Å². The van der Waals surface area contributed by atoms with Crippen molar-refractivity contribution >= 4 is 21.4 Å². The number of hydrogen-bond donors (Lipinski definition) is 0. The Kier molecular flexibility index (Phi) is 4.14. The van der Waals surface area contributed by atoms with Crippen molar-refractivity contribution in [2.45, 2.75) is 23.5 Å². The highest BCUT2D eigenvalue weighted by molar-refractivity contribution is 7.91. The maximum atomic E-state index is 12.6. The molecule has 0 amide bonds. The van der Waals surface area contributed by atoms with Crippen LogP contribution in [0.4, 0.5) is 0 Å². The Hall–Kier alpha value is -1.18. The lowest BCUT2D eigenvalue weighted by Crippen LogP contribution is -2.40. The van der Waals surface area contributed by atoms with Crippen LogP contribution in [0.15, 0.2) is 34.1 Å². The Morgan fingerprint density at radius 1 is 1.48 bits per heavy atom. The third-order valence-electron chi connectivity index (χ3n) is 3.96. The maximum absolute atomic E-state index is 12.6. The van der Waals surface area contributed by atoms with E-state index in [0.717, 1.165) is 25.1 Å². The lowest BCUT2D eigenvalue weighted by atomic mass is 9.96. The van der Waals surface area contributed by atoms with E-state index in [1.54, 1.807) is 22.6 Å². The van der Waals surface area contributed by atoms with Crippen LogP contribution in [-0.4, -0.2) is 35.4 Å². The topological polar surface area (TPSA) is 55.2 Å². The highest BCUT2D eigenvalue weighted by atomic mass is 32.2. The summed E-state index contributed by atoms with van der Waals surface area (Å²) in [7, 11) is -1.34. The smallest absolute Gasteiger partial charge is 0.252 e. The predicted molar refractivity (Wildman–Crippen MR) is 82.7 cm³/mol. The van der Waals surface area contributed by atoms with Gasteiger partial charge >= 0.3 is 0 Å². The minimum atomic E-state index is -3.32. The Morgan fingerprint density at radius 2 is 2.33 bits per heavy atom. The van der Waals surface area contributed by atoms with Gasteiger partial charge in [-0.3, -0.25) is 0 Å². The van der Waals surface area contributed by atoms with Gasteiger partial charge in [0.25, 0.3) is 10.0 Å². The van der Waals surface area contributed by atoms with Crippen molar-refractivity contribution in [3.8, 4) is 0 Å². The van der Waals surface area contributed by atoms with Crippen LogP contribution in [0, 0.1) is 5.92 Å². The number of rotatable bonds is 4. The van der Waals surface area contributed by atoms with E-state index in [0.29, 0.717) is 23.2 Å². The molecule has 1 saturated heterocycles. The summed E-state index contributed by atoms with van der Waals surface area (Å²) < 4.78 is 29.2. The molecule has 0 aliphatic carbocycles. The van der Waals surface area contributed by atoms with E-state index in [2.05, 4.69) is 4.98 Å². The van der Waals surface area contributed by atoms with E-state index < -0.39 is 10.0 Å².